The number of benzene rings is 2. The zero-order chi connectivity index (χ0) is 22.9. The Hall–Kier alpha value is -3.42. The summed E-state index contributed by atoms with van der Waals surface area (Å²) in [4.78, 5) is 30.0. The predicted octanol–water partition coefficient (Wildman–Crippen LogP) is 5.17. The van der Waals surface area contributed by atoms with E-state index in [9.17, 15) is 22.8 Å². The van der Waals surface area contributed by atoms with E-state index in [1.165, 1.54) is 12.1 Å². The molecular weight excluding hydrogens is 421 g/mol. The summed E-state index contributed by atoms with van der Waals surface area (Å²) in [6.45, 7) is 1.39. The third-order valence-corrected chi connectivity index (χ3v) is 5.55. The molecule has 1 aromatic heterocycles. The molecule has 166 valence electrons. The van der Waals surface area contributed by atoms with E-state index in [1.54, 1.807) is 12.1 Å². The minimum atomic E-state index is -4.62. The summed E-state index contributed by atoms with van der Waals surface area (Å²) in [5.74, 6) is -1.16. The number of fused-ring (bicyclic) bond motifs is 2. The molecule has 32 heavy (non-hydrogen) atoms. The van der Waals surface area contributed by atoms with Gasteiger partial charge in [0.25, 0.3) is 5.91 Å². The van der Waals surface area contributed by atoms with Crippen LogP contribution in [0.15, 0.2) is 48.5 Å². The Bertz CT molecular complexity index is 1190. The van der Waals surface area contributed by atoms with Gasteiger partial charge >= 0.3 is 12.1 Å². The van der Waals surface area contributed by atoms with Gasteiger partial charge in [-0.3, -0.25) is 9.78 Å². The van der Waals surface area contributed by atoms with Crippen molar-refractivity contribution < 1.29 is 27.5 Å². The van der Waals surface area contributed by atoms with E-state index >= 15 is 0 Å². The normalized spacial score (nSPS) is 15.8. The molecule has 8 heteroatoms. The van der Waals surface area contributed by atoms with E-state index in [0.717, 1.165) is 36.2 Å². The number of aromatic nitrogens is 1. The number of ether oxygens (including phenoxy) is 1. The Morgan fingerprint density at radius 1 is 1.12 bits per heavy atom. The van der Waals surface area contributed by atoms with Gasteiger partial charge in [-0.15, -0.1) is 0 Å². The van der Waals surface area contributed by atoms with Gasteiger partial charge in [-0.25, -0.2) is 4.79 Å². The lowest BCUT2D eigenvalue weighted by molar-refractivity contribution is -0.137. The molecule has 0 spiro atoms. The van der Waals surface area contributed by atoms with Gasteiger partial charge in [0.2, 0.25) is 0 Å². The number of halogens is 3. The molecule has 1 atom stereocenters. The highest BCUT2D eigenvalue weighted by Crippen LogP contribution is 2.35. The number of hydrogen-bond acceptors (Lipinski definition) is 4. The van der Waals surface area contributed by atoms with Crippen LogP contribution in [0.1, 0.15) is 40.5 Å². The monoisotopic (exact) mass is 442 g/mol. The summed E-state index contributed by atoms with van der Waals surface area (Å²) >= 11 is 0. The second-order valence-electron chi connectivity index (χ2n) is 7.94. The fraction of sp³-hybridized carbons (Fsp3) is 0.292. The first kappa shape index (κ1) is 21.8. The van der Waals surface area contributed by atoms with E-state index in [2.05, 4.69) is 17.2 Å². The molecule has 5 nitrogen and oxygen atoms in total. The first-order valence-electron chi connectivity index (χ1n) is 10.3. The molecule has 0 radical (unpaired) electrons. The van der Waals surface area contributed by atoms with Crippen molar-refractivity contribution in [1.82, 2.24) is 4.98 Å². The number of anilines is 1. The van der Waals surface area contributed by atoms with Gasteiger partial charge in [-0.1, -0.05) is 37.3 Å². The zero-order valence-electron chi connectivity index (χ0n) is 17.3. The number of esters is 1. The number of nitrogens with zero attached hydrogens (tertiary/aromatic N) is 1. The highest BCUT2D eigenvalue weighted by molar-refractivity contribution is 6.06. The summed E-state index contributed by atoms with van der Waals surface area (Å²) in [6.07, 6.45) is -2.24. The molecule has 4 rings (SSSR count). The molecule has 1 heterocycles. The maximum atomic E-state index is 13.1. The summed E-state index contributed by atoms with van der Waals surface area (Å²) < 4.78 is 44.6. The number of nitrogens with one attached hydrogen (secondary N) is 1. The largest absolute Gasteiger partial charge is 0.452 e. The smallest absolute Gasteiger partial charge is 0.418 e. The second kappa shape index (κ2) is 8.61. The molecule has 3 aromatic rings. The van der Waals surface area contributed by atoms with Crippen LogP contribution in [-0.4, -0.2) is 23.5 Å². The molecule has 1 aliphatic rings. The molecule has 1 amide bonds. The highest BCUT2D eigenvalue weighted by Gasteiger charge is 2.33. The lowest BCUT2D eigenvalue weighted by atomic mass is 9.84. The number of rotatable bonds is 4. The van der Waals surface area contributed by atoms with Crippen LogP contribution in [0.5, 0.6) is 0 Å². The molecule has 0 saturated heterocycles. The molecule has 0 bridgehead atoms. The highest BCUT2D eigenvalue weighted by atomic mass is 19.4. The van der Waals surface area contributed by atoms with Crippen molar-refractivity contribution >= 4 is 28.5 Å². The van der Waals surface area contributed by atoms with Gasteiger partial charge in [0.05, 0.1) is 22.3 Å². The first-order chi connectivity index (χ1) is 15.2. The van der Waals surface area contributed by atoms with Crippen molar-refractivity contribution in [3.8, 4) is 0 Å². The SMILES string of the molecule is CC1CCc2nc3ccccc3c(C(=O)OCC(=O)Nc3ccccc3C(F)(F)F)c2C1. The van der Waals surface area contributed by atoms with E-state index in [-0.39, 0.29) is 5.69 Å². The standard InChI is InChI=1S/C24H21F3N2O3/c1-14-10-11-19-16(12-14)22(15-6-2-4-8-18(15)28-19)23(31)32-13-21(30)29-20-9-5-3-7-17(20)24(25,26)27/h2-9,14H,10-13H2,1H3,(H,29,30). The molecule has 1 unspecified atom stereocenters. The Labute approximate surface area is 182 Å². The van der Waals surface area contributed by atoms with Crippen LogP contribution in [0.4, 0.5) is 18.9 Å². The van der Waals surface area contributed by atoms with Crippen LogP contribution in [-0.2, 0) is 28.5 Å². The molecule has 0 aliphatic heterocycles. The van der Waals surface area contributed by atoms with Crippen molar-refractivity contribution in [3.63, 3.8) is 0 Å². The number of alkyl halides is 3. The molecule has 0 saturated carbocycles. The fourth-order valence-electron chi connectivity index (χ4n) is 4.02. The van der Waals surface area contributed by atoms with Crippen LogP contribution in [0.3, 0.4) is 0 Å². The number of carbonyl (C=O) groups is 2. The number of pyridine rings is 1. The number of carbonyl (C=O) groups excluding carboxylic acids is 2. The Kier molecular flexibility index (Phi) is 5.86. The van der Waals surface area contributed by atoms with Crippen molar-refractivity contribution in [1.29, 1.82) is 0 Å². The lowest BCUT2D eigenvalue weighted by Gasteiger charge is -2.24. The van der Waals surface area contributed by atoms with E-state index in [1.807, 2.05) is 12.1 Å². The Balaban J connectivity index is 1.56. The Morgan fingerprint density at radius 3 is 2.62 bits per heavy atom. The van der Waals surface area contributed by atoms with Crippen molar-refractivity contribution in [2.24, 2.45) is 5.92 Å². The van der Waals surface area contributed by atoms with E-state index in [4.69, 9.17) is 4.74 Å². The third kappa shape index (κ3) is 4.44. The summed E-state index contributed by atoms with van der Waals surface area (Å²) in [5, 5.41) is 2.81. The lowest BCUT2D eigenvalue weighted by Crippen LogP contribution is -2.24. The van der Waals surface area contributed by atoms with E-state index < -0.39 is 30.2 Å². The van der Waals surface area contributed by atoms with Gasteiger partial charge in [0.15, 0.2) is 6.61 Å². The van der Waals surface area contributed by atoms with Crippen LogP contribution >= 0.6 is 0 Å². The van der Waals surface area contributed by atoms with Gasteiger partial charge in [0.1, 0.15) is 0 Å². The van der Waals surface area contributed by atoms with E-state index in [0.29, 0.717) is 28.8 Å². The zero-order valence-corrected chi connectivity index (χ0v) is 17.3. The van der Waals surface area contributed by atoms with Gasteiger partial charge in [-0.2, -0.15) is 13.2 Å². The number of amides is 1. The number of para-hydroxylation sites is 2. The second-order valence-corrected chi connectivity index (χ2v) is 7.94. The van der Waals surface area contributed by atoms with Gasteiger partial charge < -0.3 is 10.1 Å². The van der Waals surface area contributed by atoms with Gasteiger partial charge in [0, 0.05) is 11.1 Å². The minimum absolute atomic E-state index is 0.374. The Morgan fingerprint density at radius 2 is 1.84 bits per heavy atom. The fourth-order valence-corrected chi connectivity index (χ4v) is 4.02. The topological polar surface area (TPSA) is 68.3 Å². The predicted molar refractivity (Wildman–Crippen MR) is 113 cm³/mol. The molecular formula is C24H21F3N2O3. The summed E-state index contributed by atoms with van der Waals surface area (Å²) in [6, 6.07) is 11.8. The average Bonchev–Trinajstić information content (AvgIpc) is 2.75. The molecule has 1 N–H and O–H groups in total. The van der Waals surface area contributed by atoms with Crippen LogP contribution in [0.25, 0.3) is 10.9 Å². The van der Waals surface area contributed by atoms with Crippen LogP contribution < -0.4 is 5.32 Å². The maximum absolute atomic E-state index is 13.1. The van der Waals surface area contributed by atoms with Crippen molar-refractivity contribution in [2.45, 2.75) is 32.4 Å². The summed E-state index contributed by atoms with van der Waals surface area (Å²) in [5.41, 5.74) is 1.34. The summed E-state index contributed by atoms with van der Waals surface area (Å²) in [7, 11) is 0. The minimum Gasteiger partial charge on any atom is -0.452 e. The molecule has 2 aromatic carbocycles. The third-order valence-electron chi connectivity index (χ3n) is 5.55. The van der Waals surface area contributed by atoms with Gasteiger partial charge in [-0.05, 0) is 48.9 Å². The maximum Gasteiger partial charge on any atom is 0.418 e. The number of hydrogen-bond donors (Lipinski definition) is 1. The molecule has 1 aliphatic carbocycles. The van der Waals surface area contributed by atoms with Crippen molar-refractivity contribution in [3.05, 3.63) is 70.9 Å². The van der Waals surface area contributed by atoms with Crippen LogP contribution in [0, 0.1) is 5.92 Å². The quantitative estimate of drug-likeness (QED) is 0.566. The molecule has 0 fully saturated rings. The average molecular weight is 442 g/mol. The number of aryl methyl sites for hydroxylation is 1. The van der Waals surface area contributed by atoms with Crippen LogP contribution in [0.2, 0.25) is 0 Å². The van der Waals surface area contributed by atoms with Crippen molar-refractivity contribution in [2.75, 3.05) is 11.9 Å². The first-order valence-corrected chi connectivity index (χ1v) is 10.3.